The van der Waals surface area contributed by atoms with E-state index in [4.69, 9.17) is 15.2 Å². The molecule has 0 saturated carbocycles. The maximum absolute atomic E-state index is 11.5. The third kappa shape index (κ3) is 5.79. The Morgan fingerprint density at radius 3 is 2.39 bits per heavy atom. The molecule has 3 aromatic rings. The second-order valence-electron chi connectivity index (χ2n) is 7.77. The van der Waals surface area contributed by atoms with Crippen LogP contribution in [0, 0.1) is 0 Å². The van der Waals surface area contributed by atoms with Crippen molar-refractivity contribution in [2.24, 2.45) is 5.73 Å². The largest absolute Gasteiger partial charge is 0.478 e. The average molecular weight is 467 g/mol. The van der Waals surface area contributed by atoms with Gasteiger partial charge in [-0.2, -0.15) is 0 Å². The number of aliphatic hydroxyl groups excluding tert-OH is 1. The molecule has 1 saturated heterocycles. The first-order valence-electron chi connectivity index (χ1n) is 10.7. The normalized spacial score (nSPS) is 20.5. The number of nitrogens with two attached hydrogens (primary N) is 1. The van der Waals surface area contributed by atoms with Gasteiger partial charge in [-0.15, -0.1) is 11.8 Å². The lowest BCUT2D eigenvalue weighted by Crippen LogP contribution is -2.31. The molecule has 4 rings (SSSR count). The molecule has 33 heavy (non-hydrogen) atoms. The number of hydrogen-bond acceptors (Lipinski definition) is 7. The zero-order valence-electron chi connectivity index (χ0n) is 18.0. The third-order valence-electron chi connectivity index (χ3n) is 5.51. The Bertz CT molecular complexity index is 1020. The van der Waals surface area contributed by atoms with Crippen molar-refractivity contribution >= 4 is 17.7 Å². The molecule has 0 amide bonds. The fourth-order valence-corrected chi connectivity index (χ4v) is 4.68. The van der Waals surface area contributed by atoms with E-state index in [9.17, 15) is 15.0 Å². The van der Waals surface area contributed by atoms with Crippen LogP contribution in [-0.4, -0.2) is 33.0 Å². The molecule has 0 aliphatic carbocycles. The first-order chi connectivity index (χ1) is 16.1. The Morgan fingerprint density at radius 2 is 1.73 bits per heavy atom. The lowest BCUT2D eigenvalue weighted by atomic mass is 10.0. The minimum Gasteiger partial charge on any atom is -0.478 e. The molecular formula is C25H26N2O5S. The Kier molecular flexibility index (Phi) is 7.74. The molecule has 7 nitrogen and oxygen atoms in total. The van der Waals surface area contributed by atoms with Crippen molar-refractivity contribution in [3.05, 3.63) is 94.7 Å². The number of rotatable bonds is 8. The van der Waals surface area contributed by atoms with E-state index in [0.717, 1.165) is 22.3 Å². The number of pyridine rings is 1. The first-order valence-corrected chi connectivity index (χ1v) is 11.7. The molecule has 2 heterocycles. The summed E-state index contributed by atoms with van der Waals surface area (Å²) in [5.41, 5.74) is 9.65. The van der Waals surface area contributed by atoms with Gasteiger partial charge >= 0.3 is 5.97 Å². The monoisotopic (exact) mass is 466 g/mol. The summed E-state index contributed by atoms with van der Waals surface area (Å²) in [6.07, 6.45) is 1.24. The number of aromatic carboxylic acids is 1. The van der Waals surface area contributed by atoms with Crippen LogP contribution in [0.5, 0.6) is 0 Å². The molecule has 1 aromatic heterocycles. The first kappa shape index (κ1) is 23.4. The van der Waals surface area contributed by atoms with Crippen molar-refractivity contribution in [1.29, 1.82) is 0 Å². The second kappa shape index (κ2) is 10.9. The number of carboxylic acids is 1. The highest BCUT2D eigenvalue weighted by Gasteiger charge is 2.32. The zero-order valence-corrected chi connectivity index (χ0v) is 18.8. The van der Waals surface area contributed by atoms with Gasteiger partial charge in [0.2, 0.25) is 0 Å². The van der Waals surface area contributed by atoms with Gasteiger partial charge in [0.25, 0.3) is 0 Å². The molecule has 0 radical (unpaired) electrons. The Morgan fingerprint density at radius 1 is 1.03 bits per heavy atom. The predicted molar refractivity (Wildman–Crippen MR) is 125 cm³/mol. The maximum atomic E-state index is 11.5. The van der Waals surface area contributed by atoms with Crippen LogP contribution in [0.25, 0.3) is 0 Å². The van der Waals surface area contributed by atoms with E-state index in [1.807, 2.05) is 48.5 Å². The topological polar surface area (TPSA) is 115 Å². The molecule has 172 valence electrons. The SMILES string of the molecule is NCc1ccc([C@@H]2O[C@H](CSc3ncccc3C(=O)O)C[C@H](c3ccc(CO)cc3)O2)cc1. The van der Waals surface area contributed by atoms with Crippen molar-refractivity contribution in [2.45, 2.75) is 43.1 Å². The summed E-state index contributed by atoms with van der Waals surface area (Å²) in [6, 6.07) is 18.7. The van der Waals surface area contributed by atoms with Gasteiger partial charge in [-0.25, -0.2) is 9.78 Å². The van der Waals surface area contributed by atoms with Gasteiger partial charge in [0.1, 0.15) is 5.03 Å². The smallest absolute Gasteiger partial charge is 0.338 e. The number of aliphatic hydroxyl groups is 1. The molecule has 0 bridgehead atoms. The summed E-state index contributed by atoms with van der Waals surface area (Å²) < 4.78 is 12.6. The van der Waals surface area contributed by atoms with Crippen LogP contribution in [0.3, 0.4) is 0 Å². The molecule has 1 aliphatic rings. The summed E-state index contributed by atoms with van der Waals surface area (Å²) >= 11 is 1.37. The van der Waals surface area contributed by atoms with Crippen molar-refractivity contribution < 1.29 is 24.5 Å². The second-order valence-corrected chi connectivity index (χ2v) is 8.78. The molecular weight excluding hydrogens is 440 g/mol. The van der Waals surface area contributed by atoms with Crippen molar-refractivity contribution in [1.82, 2.24) is 4.98 Å². The number of aromatic nitrogens is 1. The molecule has 0 spiro atoms. The molecule has 4 N–H and O–H groups in total. The third-order valence-corrected chi connectivity index (χ3v) is 6.65. The predicted octanol–water partition coefficient (Wildman–Crippen LogP) is 4.07. The number of thioether (sulfide) groups is 1. The quantitative estimate of drug-likeness (QED) is 0.426. The van der Waals surface area contributed by atoms with Crippen LogP contribution in [-0.2, 0) is 22.6 Å². The molecule has 1 fully saturated rings. The van der Waals surface area contributed by atoms with Gasteiger partial charge in [0, 0.05) is 30.5 Å². The molecule has 2 aromatic carbocycles. The minimum atomic E-state index is -1.00. The zero-order chi connectivity index (χ0) is 23.2. The number of ether oxygens (including phenoxy) is 2. The van der Waals surface area contributed by atoms with Crippen molar-refractivity contribution in [3.63, 3.8) is 0 Å². The Hall–Kier alpha value is -2.75. The van der Waals surface area contributed by atoms with E-state index in [1.54, 1.807) is 18.3 Å². The number of carbonyl (C=O) groups is 1. The average Bonchev–Trinajstić information content (AvgIpc) is 2.87. The summed E-state index contributed by atoms with van der Waals surface area (Å²) in [7, 11) is 0. The summed E-state index contributed by atoms with van der Waals surface area (Å²) in [6.45, 7) is 0.446. The van der Waals surface area contributed by atoms with E-state index < -0.39 is 12.3 Å². The van der Waals surface area contributed by atoms with E-state index in [0.29, 0.717) is 23.7 Å². The minimum absolute atomic E-state index is 0.0136. The van der Waals surface area contributed by atoms with Crippen LogP contribution in [0.1, 0.15) is 51.4 Å². The van der Waals surface area contributed by atoms with E-state index in [1.165, 1.54) is 11.8 Å². The molecule has 3 atom stereocenters. The standard InChI is InChI=1S/C25H26N2O5S/c26-13-16-3-9-19(10-4-16)25-31-20(15-33-23-21(24(29)30)2-1-11-27-23)12-22(32-25)18-7-5-17(14-28)6-8-18/h1-11,20,22,25,28H,12-15,26H2,(H,29,30)/t20-,22+,25+/m0/s1. The lowest BCUT2D eigenvalue weighted by Gasteiger charge is -2.36. The fraction of sp³-hybridized carbons (Fsp3) is 0.280. The number of benzene rings is 2. The Labute approximate surface area is 196 Å². The van der Waals surface area contributed by atoms with Crippen LogP contribution < -0.4 is 5.73 Å². The van der Waals surface area contributed by atoms with Crippen molar-refractivity contribution in [3.8, 4) is 0 Å². The van der Waals surface area contributed by atoms with Crippen LogP contribution in [0.4, 0.5) is 0 Å². The molecule has 0 unspecified atom stereocenters. The highest BCUT2D eigenvalue weighted by atomic mass is 32.2. The number of nitrogens with zero attached hydrogens (tertiary/aromatic N) is 1. The Balaban J connectivity index is 1.55. The summed E-state index contributed by atoms with van der Waals surface area (Å²) in [5, 5.41) is 19.2. The van der Waals surface area contributed by atoms with Gasteiger partial charge in [-0.1, -0.05) is 48.5 Å². The van der Waals surface area contributed by atoms with E-state index in [2.05, 4.69) is 4.98 Å². The van der Waals surface area contributed by atoms with Crippen molar-refractivity contribution in [2.75, 3.05) is 5.75 Å². The van der Waals surface area contributed by atoms with Crippen LogP contribution in [0.15, 0.2) is 71.9 Å². The summed E-state index contributed by atoms with van der Waals surface area (Å²) in [5.74, 6) is -0.471. The molecule has 1 aliphatic heterocycles. The maximum Gasteiger partial charge on any atom is 0.338 e. The van der Waals surface area contributed by atoms with Crippen LogP contribution >= 0.6 is 11.8 Å². The molecule has 8 heteroatoms. The van der Waals surface area contributed by atoms with Gasteiger partial charge in [0.05, 0.1) is 24.4 Å². The van der Waals surface area contributed by atoms with E-state index >= 15 is 0 Å². The summed E-state index contributed by atoms with van der Waals surface area (Å²) in [4.78, 5) is 15.8. The van der Waals surface area contributed by atoms with Gasteiger partial charge in [-0.05, 0) is 28.8 Å². The van der Waals surface area contributed by atoms with Gasteiger partial charge < -0.3 is 25.4 Å². The van der Waals surface area contributed by atoms with Gasteiger partial charge in [0.15, 0.2) is 6.29 Å². The number of hydrogen-bond donors (Lipinski definition) is 3. The van der Waals surface area contributed by atoms with E-state index in [-0.39, 0.29) is 24.4 Å². The van der Waals surface area contributed by atoms with Gasteiger partial charge in [-0.3, -0.25) is 0 Å². The number of carboxylic acid groups (broad SMARTS) is 1. The highest BCUT2D eigenvalue weighted by molar-refractivity contribution is 7.99. The highest BCUT2D eigenvalue weighted by Crippen LogP contribution is 2.39. The fourth-order valence-electron chi connectivity index (χ4n) is 3.67. The van der Waals surface area contributed by atoms with Crippen LogP contribution in [0.2, 0.25) is 0 Å². The lowest BCUT2D eigenvalue weighted by molar-refractivity contribution is -0.245.